The molecule has 0 bridgehead atoms. The van der Waals surface area contributed by atoms with Gasteiger partial charge in [-0.05, 0) is 34.9 Å². The Morgan fingerprint density at radius 2 is 1.76 bits per heavy atom. The molecule has 0 N–H and O–H groups in total. The van der Waals surface area contributed by atoms with Gasteiger partial charge in [-0.2, -0.15) is 0 Å². The maximum atomic E-state index is 6.44. The molecule has 5 aromatic rings. The molecule has 0 saturated heterocycles. The molecule has 3 nitrogen and oxygen atoms in total. The molecule has 1 unspecified atom stereocenters. The van der Waals surface area contributed by atoms with Gasteiger partial charge in [0.15, 0.2) is 11.5 Å². The first-order valence-corrected chi connectivity index (χ1v) is 10.1. The Hall–Kier alpha value is -3.33. The fourth-order valence-corrected chi connectivity index (χ4v) is 4.67. The van der Waals surface area contributed by atoms with Gasteiger partial charge in [0.2, 0.25) is 0 Å². The van der Waals surface area contributed by atoms with Gasteiger partial charge in [0.1, 0.15) is 11.3 Å². The predicted octanol–water partition coefficient (Wildman–Crippen LogP) is 6.53. The Bertz CT molecular complexity index is 1400. The summed E-state index contributed by atoms with van der Waals surface area (Å²) in [5.41, 5.74) is 5.49. The van der Waals surface area contributed by atoms with Crippen LogP contribution >= 0.6 is 0 Å². The fourth-order valence-electron chi connectivity index (χ4n) is 4.67. The van der Waals surface area contributed by atoms with Gasteiger partial charge in [-0.15, -0.1) is 0 Å². The van der Waals surface area contributed by atoms with Crippen molar-refractivity contribution in [2.75, 3.05) is 6.61 Å². The summed E-state index contributed by atoms with van der Waals surface area (Å²) in [5, 5.41) is 4.67. The normalized spacial score (nSPS) is 15.9. The second kappa shape index (κ2) is 6.08. The average molecular weight is 379 g/mol. The van der Waals surface area contributed by atoms with Gasteiger partial charge in [-0.1, -0.05) is 61.5 Å². The third-order valence-corrected chi connectivity index (χ3v) is 6.09. The van der Waals surface area contributed by atoms with Crippen molar-refractivity contribution in [1.82, 2.24) is 4.98 Å². The van der Waals surface area contributed by atoms with Gasteiger partial charge in [0, 0.05) is 28.7 Å². The zero-order valence-corrected chi connectivity index (χ0v) is 16.5. The molecule has 2 heterocycles. The van der Waals surface area contributed by atoms with Gasteiger partial charge in [0.25, 0.3) is 0 Å². The van der Waals surface area contributed by atoms with Crippen molar-refractivity contribution >= 4 is 32.6 Å². The number of nitrogens with zero attached hydrogens (tertiary/aromatic N) is 1. The maximum Gasteiger partial charge on any atom is 0.199 e. The van der Waals surface area contributed by atoms with E-state index in [4.69, 9.17) is 14.1 Å². The second-order valence-electron chi connectivity index (χ2n) is 8.06. The number of oxazole rings is 1. The van der Waals surface area contributed by atoms with Crippen molar-refractivity contribution in [2.24, 2.45) is 0 Å². The van der Waals surface area contributed by atoms with Crippen LogP contribution in [-0.2, 0) is 6.42 Å². The summed E-state index contributed by atoms with van der Waals surface area (Å²) in [6.07, 6.45) is 0.685. The molecule has 1 aliphatic heterocycles. The number of rotatable bonds is 2. The van der Waals surface area contributed by atoms with Gasteiger partial charge in [-0.25, -0.2) is 4.98 Å². The first kappa shape index (κ1) is 16.6. The summed E-state index contributed by atoms with van der Waals surface area (Å²) in [6.45, 7) is 5.04. The lowest BCUT2D eigenvalue weighted by Crippen LogP contribution is -1.94. The van der Waals surface area contributed by atoms with E-state index in [9.17, 15) is 0 Å². The third-order valence-electron chi connectivity index (χ3n) is 6.09. The molecule has 1 atom stereocenters. The average Bonchev–Trinajstić information content (AvgIpc) is 3.32. The highest BCUT2D eigenvalue weighted by atomic mass is 16.5. The number of aromatic nitrogens is 1. The molecule has 3 heteroatoms. The first-order chi connectivity index (χ1) is 14.2. The zero-order chi connectivity index (χ0) is 19.5. The van der Waals surface area contributed by atoms with E-state index >= 15 is 0 Å². The number of aryl methyl sites for hydroxylation is 1. The maximum absolute atomic E-state index is 6.44. The molecular formula is C26H21NO2. The molecule has 1 aliphatic rings. The van der Waals surface area contributed by atoms with Gasteiger partial charge < -0.3 is 9.15 Å². The Labute approximate surface area is 168 Å². The summed E-state index contributed by atoms with van der Waals surface area (Å²) in [6, 6.07) is 21.2. The van der Waals surface area contributed by atoms with Gasteiger partial charge >= 0.3 is 0 Å². The van der Waals surface area contributed by atoms with E-state index in [0.29, 0.717) is 18.9 Å². The zero-order valence-electron chi connectivity index (χ0n) is 16.5. The van der Waals surface area contributed by atoms with E-state index in [-0.39, 0.29) is 0 Å². The van der Waals surface area contributed by atoms with Crippen LogP contribution in [0.25, 0.3) is 32.6 Å². The van der Waals surface area contributed by atoms with Crippen LogP contribution in [0.3, 0.4) is 0 Å². The van der Waals surface area contributed by atoms with Crippen LogP contribution in [0.4, 0.5) is 0 Å². The molecule has 0 fully saturated rings. The highest BCUT2D eigenvalue weighted by molar-refractivity contribution is 6.21. The topological polar surface area (TPSA) is 35.3 Å². The molecule has 0 amide bonds. The molecule has 29 heavy (non-hydrogen) atoms. The van der Waals surface area contributed by atoms with Gasteiger partial charge in [0.05, 0.1) is 6.61 Å². The first-order valence-electron chi connectivity index (χ1n) is 10.1. The third kappa shape index (κ3) is 2.40. The molecule has 0 radical (unpaired) electrons. The van der Waals surface area contributed by atoms with E-state index in [2.05, 4.69) is 68.4 Å². The Morgan fingerprint density at radius 1 is 0.931 bits per heavy atom. The number of ether oxygens (including phenoxy) is 1. The minimum absolute atomic E-state index is 0.305. The lowest BCUT2D eigenvalue weighted by atomic mass is 9.93. The minimum atomic E-state index is 0.305. The Balaban J connectivity index is 1.72. The largest absolute Gasteiger partial charge is 0.492 e. The van der Waals surface area contributed by atoms with Crippen molar-refractivity contribution in [2.45, 2.75) is 26.2 Å². The SMILES string of the molecule is Cc1cccc2c1ccc1c3c(c4nc(Cc5ccccc5)oc4c12)C(C)CO3. The summed E-state index contributed by atoms with van der Waals surface area (Å²) < 4.78 is 12.6. The van der Waals surface area contributed by atoms with Crippen LogP contribution in [0.5, 0.6) is 5.75 Å². The van der Waals surface area contributed by atoms with Crippen molar-refractivity contribution in [1.29, 1.82) is 0 Å². The van der Waals surface area contributed by atoms with E-state index in [1.807, 2.05) is 6.07 Å². The van der Waals surface area contributed by atoms with Crippen LogP contribution in [0.15, 0.2) is 65.1 Å². The summed E-state index contributed by atoms with van der Waals surface area (Å²) >= 11 is 0. The van der Waals surface area contributed by atoms with E-state index in [1.54, 1.807) is 0 Å². The number of fused-ring (bicyclic) bond motifs is 8. The number of hydrogen-bond acceptors (Lipinski definition) is 3. The predicted molar refractivity (Wildman–Crippen MR) is 117 cm³/mol. The lowest BCUT2D eigenvalue weighted by Gasteiger charge is -2.11. The lowest BCUT2D eigenvalue weighted by molar-refractivity contribution is 0.340. The molecule has 0 spiro atoms. The van der Waals surface area contributed by atoms with Crippen molar-refractivity contribution in [3.63, 3.8) is 0 Å². The molecular weight excluding hydrogens is 358 g/mol. The van der Waals surface area contributed by atoms with Crippen LogP contribution < -0.4 is 4.74 Å². The highest BCUT2D eigenvalue weighted by Gasteiger charge is 2.30. The van der Waals surface area contributed by atoms with Crippen molar-refractivity contribution in [3.8, 4) is 5.75 Å². The van der Waals surface area contributed by atoms with Gasteiger partial charge in [-0.3, -0.25) is 0 Å². The van der Waals surface area contributed by atoms with Crippen LogP contribution in [-0.4, -0.2) is 11.6 Å². The summed E-state index contributed by atoms with van der Waals surface area (Å²) in [5.74, 6) is 2.03. The number of benzene rings is 4. The Kier molecular flexibility index (Phi) is 3.48. The van der Waals surface area contributed by atoms with E-state index < -0.39 is 0 Å². The molecule has 0 saturated carbocycles. The van der Waals surface area contributed by atoms with Crippen LogP contribution in [0.2, 0.25) is 0 Å². The standard InChI is InChI=1S/C26H21NO2/c1-15-7-6-10-19-18(15)11-12-20-23(19)26-24(22-16(2)14-28-25(20)22)27-21(29-26)13-17-8-4-3-5-9-17/h3-12,16H,13-14H2,1-2H3. The van der Waals surface area contributed by atoms with Crippen molar-refractivity contribution in [3.05, 3.63) is 83.2 Å². The molecule has 4 aromatic carbocycles. The smallest absolute Gasteiger partial charge is 0.199 e. The fraction of sp³-hybridized carbons (Fsp3) is 0.192. The van der Waals surface area contributed by atoms with Crippen molar-refractivity contribution < 1.29 is 9.15 Å². The van der Waals surface area contributed by atoms with E-state index in [1.165, 1.54) is 27.5 Å². The quantitative estimate of drug-likeness (QED) is 0.327. The minimum Gasteiger partial charge on any atom is -0.492 e. The van der Waals surface area contributed by atoms with Crippen LogP contribution in [0.1, 0.15) is 35.4 Å². The monoisotopic (exact) mass is 379 g/mol. The second-order valence-corrected chi connectivity index (χ2v) is 8.06. The summed E-state index contributed by atoms with van der Waals surface area (Å²) in [4.78, 5) is 4.96. The molecule has 6 rings (SSSR count). The van der Waals surface area contributed by atoms with Crippen LogP contribution in [0, 0.1) is 6.92 Å². The summed E-state index contributed by atoms with van der Waals surface area (Å²) in [7, 11) is 0. The Morgan fingerprint density at radius 3 is 2.62 bits per heavy atom. The molecule has 0 aliphatic carbocycles. The van der Waals surface area contributed by atoms with E-state index in [0.717, 1.165) is 33.5 Å². The number of hydrogen-bond donors (Lipinski definition) is 0. The molecule has 142 valence electrons. The highest BCUT2D eigenvalue weighted by Crippen LogP contribution is 2.47. The molecule has 1 aromatic heterocycles.